The number of hydrogen-bond donors (Lipinski definition) is 0. The van der Waals surface area contributed by atoms with E-state index in [1.807, 2.05) is 41.3 Å². The van der Waals surface area contributed by atoms with Crippen molar-refractivity contribution in [2.75, 3.05) is 13.1 Å². The number of aromatic nitrogens is 1. The predicted octanol–water partition coefficient (Wildman–Crippen LogP) is 4.37. The fourth-order valence-corrected chi connectivity index (χ4v) is 3.31. The fraction of sp³-hybridized carbons (Fsp3) is 0.174. The summed E-state index contributed by atoms with van der Waals surface area (Å²) in [4.78, 5) is 31.2. The van der Waals surface area contributed by atoms with E-state index in [0.29, 0.717) is 11.1 Å². The summed E-state index contributed by atoms with van der Waals surface area (Å²) in [5.41, 5.74) is 2.83. The minimum Gasteiger partial charge on any atom is -0.339 e. The Morgan fingerprint density at radius 3 is 2.33 bits per heavy atom. The van der Waals surface area contributed by atoms with Crippen LogP contribution in [0.2, 0.25) is 0 Å². The van der Waals surface area contributed by atoms with Crippen LogP contribution in [0.15, 0.2) is 66.7 Å². The second-order valence-corrected chi connectivity index (χ2v) is 6.70. The van der Waals surface area contributed by atoms with Gasteiger partial charge in [-0.1, -0.05) is 36.4 Å². The molecule has 0 unspecified atom stereocenters. The van der Waals surface area contributed by atoms with Crippen LogP contribution < -0.4 is 0 Å². The van der Waals surface area contributed by atoms with Gasteiger partial charge in [-0.3, -0.25) is 9.59 Å². The number of benzene rings is 2. The van der Waals surface area contributed by atoms with Gasteiger partial charge in [0.05, 0.1) is 11.2 Å². The van der Waals surface area contributed by atoms with Crippen molar-refractivity contribution >= 4 is 28.7 Å². The van der Waals surface area contributed by atoms with E-state index < -0.39 is 0 Å². The van der Waals surface area contributed by atoms with Gasteiger partial charge in [-0.05, 0) is 49.3 Å². The average Bonchev–Trinajstić information content (AvgIpc) is 3.26. The fourth-order valence-electron chi connectivity index (χ4n) is 3.31. The van der Waals surface area contributed by atoms with E-state index in [1.54, 1.807) is 30.3 Å². The minimum absolute atomic E-state index is 0.0439. The minimum atomic E-state index is -0.106. The number of nitrogens with zero attached hydrogens (tertiary/aromatic N) is 2. The molecule has 0 bridgehead atoms. The van der Waals surface area contributed by atoms with Crippen molar-refractivity contribution in [1.29, 1.82) is 0 Å². The van der Waals surface area contributed by atoms with Crippen LogP contribution in [-0.2, 0) is 0 Å². The number of para-hydroxylation sites is 1. The number of pyridine rings is 1. The molecule has 2 aromatic carbocycles. The summed E-state index contributed by atoms with van der Waals surface area (Å²) in [5.74, 6) is -0.0625. The van der Waals surface area contributed by atoms with E-state index in [0.717, 1.165) is 42.5 Å². The van der Waals surface area contributed by atoms with Crippen LogP contribution in [0, 0.1) is 0 Å². The van der Waals surface area contributed by atoms with Crippen LogP contribution in [0.5, 0.6) is 0 Å². The molecule has 2 heterocycles. The summed E-state index contributed by atoms with van der Waals surface area (Å²) >= 11 is 0. The molecule has 1 aliphatic heterocycles. The van der Waals surface area contributed by atoms with E-state index in [9.17, 15) is 9.59 Å². The molecule has 1 aliphatic rings. The third kappa shape index (κ3) is 3.80. The van der Waals surface area contributed by atoms with Crippen LogP contribution >= 0.6 is 0 Å². The number of likely N-dealkylation sites (tertiary alicyclic amines) is 1. The molecule has 0 radical (unpaired) electrons. The lowest BCUT2D eigenvalue weighted by Gasteiger charge is -2.15. The highest BCUT2D eigenvalue weighted by Crippen LogP contribution is 2.15. The van der Waals surface area contributed by atoms with Gasteiger partial charge in [0.25, 0.3) is 5.91 Å². The molecule has 4 nitrogen and oxygen atoms in total. The lowest BCUT2D eigenvalue weighted by atomic mass is 10.1. The SMILES string of the molecule is O=C(C=Cc1ccc2ccccc2n1)c1ccc(C(=O)N2CCCC2)cc1. The van der Waals surface area contributed by atoms with Crippen LogP contribution in [0.3, 0.4) is 0 Å². The molecule has 1 aromatic heterocycles. The van der Waals surface area contributed by atoms with Crippen LogP contribution in [0.1, 0.15) is 39.3 Å². The van der Waals surface area contributed by atoms with Gasteiger partial charge in [0.1, 0.15) is 0 Å². The molecule has 0 saturated carbocycles. The number of allylic oxidation sites excluding steroid dienone is 1. The normalized spacial score (nSPS) is 14.1. The largest absolute Gasteiger partial charge is 0.339 e. The predicted molar refractivity (Wildman–Crippen MR) is 107 cm³/mol. The highest BCUT2D eigenvalue weighted by Gasteiger charge is 2.19. The molecule has 27 heavy (non-hydrogen) atoms. The molecule has 1 saturated heterocycles. The molecule has 3 aromatic rings. The van der Waals surface area contributed by atoms with Crippen molar-refractivity contribution in [1.82, 2.24) is 9.88 Å². The Hall–Kier alpha value is -3.27. The topological polar surface area (TPSA) is 50.3 Å². The zero-order valence-corrected chi connectivity index (χ0v) is 15.0. The zero-order chi connectivity index (χ0) is 18.6. The maximum Gasteiger partial charge on any atom is 0.253 e. The number of fused-ring (bicyclic) bond motifs is 1. The van der Waals surface area contributed by atoms with E-state index in [2.05, 4.69) is 4.98 Å². The van der Waals surface area contributed by atoms with Crippen LogP contribution in [0.25, 0.3) is 17.0 Å². The van der Waals surface area contributed by atoms with E-state index >= 15 is 0 Å². The molecular formula is C23H20N2O2. The van der Waals surface area contributed by atoms with Gasteiger partial charge in [-0.25, -0.2) is 4.98 Å². The first-order valence-electron chi connectivity index (χ1n) is 9.18. The van der Waals surface area contributed by atoms with Crippen molar-refractivity contribution in [3.05, 3.63) is 83.6 Å². The molecule has 0 N–H and O–H groups in total. The average molecular weight is 356 g/mol. The second-order valence-electron chi connectivity index (χ2n) is 6.70. The van der Waals surface area contributed by atoms with Crippen molar-refractivity contribution in [2.24, 2.45) is 0 Å². The smallest absolute Gasteiger partial charge is 0.253 e. The first-order valence-corrected chi connectivity index (χ1v) is 9.18. The van der Waals surface area contributed by atoms with E-state index in [1.165, 1.54) is 6.08 Å². The quantitative estimate of drug-likeness (QED) is 0.515. The summed E-state index contributed by atoms with van der Waals surface area (Å²) in [5, 5.41) is 1.07. The summed E-state index contributed by atoms with van der Waals surface area (Å²) in [6, 6.07) is 18.6. The Morgan fingerprint density at radius 2 is 1.56 bits per heavy atom. The first kappa shape index (κ1) is 17.2. The standard InChI is InChI=1S/C23H20N2O2/c26-22(14-13-20-12-11-17-5-1-2-6-21(17)24-20)18-7-9-19(10-8-18)23(27)25-15-3-4-16-25/h1-2,5-14H,3-4,15-16H2. The summed E-state index contributed by atoms with van der Waals surface area (Å²) in [6.45, 7) is 1.64. The number of rotatable bonds is 4. The molecular weight excluding hydrogens is 336 g/mol. The Bertz CT molecular complexity index is 1020. The Balaban J connectivity index is 1.47. The maximum atomic E-state index is 12.4. The first-order chi connectivity index (χ1) is 13.2. The number of hydrogen-bond acceptors (Lipinski definition) is 3. The van der Waals surface area contributed by atoms with Gasteiger partial charge >= 0.3 is 0 Å². The summed E-state index contributed by atoms with van der Waals surface area (Å²) in [6.07, 6.45) is 5.37. The van der Waals surface area contributed by atoms with E-state index in [-0.39, 0.29) is 11.7 Å². The molecule has 4 rings (SSSR count). The monoisotopic (exact) mass is 356 g/mol. The summed E-state index contributed by atoms with van der Waals surface area (Å²) < 4.78 is 0. The van der Waals surface area contributed by atoms with Gasteiger partial charge in [0.15, 0.2) is 5.78 Å². The van der Waals surface area contributed by atoms with Gasteiger partial charge in [-0.15, -0.1) is 0 Å². The van der Waals surface area contributed by atoms with Gasteiger partial charge in [0, 0.05) is 29.6 Å². The van der Waals surface area contributed by atoms with Crippen molar-refractivity contribution in [3.63, 3.8) is 0 Å². The van der Waals surface area contributed by atoms with E-state index in [4.69, 9.17) is 0 Å². The Morgan fingerprint density at radius 1 is 0.852 bits per heavy atom. The number of carbonyl (C=O) groups is 2. The molecule has 0 aliphatic carbocycles. The molecule has 1 amide bonds. The molecule has 1 fully saturated rings. The molecule has 0 atom stereocenters. The van der Waals surface area contributed by atoms with Crippen molar-refractivity contribution < 1.29 is 9.59 Å². The van der Waals surface area contributed by atoms with Crippen molar-refractivity contribution in [2.45, 2.75) is 12.8 Å². The summed E-state index contributed by atoms with van der Waals surface area (Å²) in [7, 11) is 0. The highest BCUT2D eigenvalue weighted by atomic mass is 16.2. The van der Waals surface area contributed by atoms with Crippen LogP contribution in [-0.4, -0.2) is 34.7 Å². The Labute approximate surface area is 158 Å². The molecule has 0 spiro atoms. The number of ketones is 1. The highest BCUT2D eigenvalue weighted by molar-refractivity contribution is 6.07. The third-order valence-corrected chi connectivity index (χ3v) is 4.84. The lowest BCUT2D eigenvalue weighted by molar-refractivity contribution is 0.0792. The molecule has 134 valence electrons. The van der Waals surface area contributed by atoms with Gasteiger partial charge in [-0.2, -0.15) is 0 Å². The maximum absolute atomic E-state index is 12.4. The van der Waals surface area contributed by atoms with Crippen molar-refractivity contribution in [3.8, 4) is 0 Å². The van der Waals surface area contributed by atoms with Gasteiger partial charge < -0.3 is 4.90 Å². The van der Waals surface area contributed by atoms with Gasteiger partial charge in [0.2, 0.25) is 0 Å². The lowest BCUT2D eigenvalue weighted by Crippen LogP contribution is -2.27. The van der Waals surface area contributed by atoms with Crippen LogP contribution in [0.4, 0.5) is 0 Å². The second kappa shape index (κ2) is 7.54. The third-order valence-electron chi connectivity index (χ3n) is 4.84. The number of carbonyl (C=O) groups excluding carboxylic acids is 2. The zero-order valence-electron chi connectivity index (χ0n) is 15.0. The molecule has 4 heteroatoms. The number of amides is 1. The Kier molecular flexibility index (Phi) is 4.79.